The first-order chi connectivity index (χ1) is 17.9. The lowest BCUT2D eigenvalue weighted by Crippen LogP contribution is -2.48. The van der Waals surface area contributed by atoms with E-state index in [1.807, 2.05) is 29.2 Å². The Balaban J connectivity index is 1.14. The van der Waals surface area contributed by atoms with Crippen molar-refractivity contribution in [2.75, 3.05) is 26.2 Å². The Labute approximate surface area is 229 Å². The molecule has 1 atom stereocenters. The molecule has 7 heteroatoms. The third-order valence-corrected chi connectivity index (χ3v) is 9.05. The molecule has 1 aromatic heterocycles. The molecule has 2 fully saturated rings. The van der Waals surface area contributed by atoms with Crippen LogP contribution in [-0.2, 0) is 4.79 Å². The number of fused-ring (bicyclic) bond motifs is 1. The standard InChI is InChI=1S/C30H35Cl2N3O2/c1-2-29(34-13-9-21(10-14-34)25-19-33-28-7-5-23(36)18-24(25)28)22-11-15-35(16-12-22)30(37)8-4-20-3-6-26(31)27(32)17-20/h3-8,17-19,21-22,29,33,36H,2,9-16H2,1H3. The average Bonchev–Trinajstić information content (AvgIpc) is 3.33. The molecular formula is C30H35Cl2N3O2. The quantitative estimate of drug-likeness (QED) is 0.328. The number of rotatable bonds is 6. The summed E-state index contributed by atoms with van der Waals surface area (Å²) in [7, 11) is 0. The first-order valence-electron chi connectivity index (χ1n) is 13.4. The van der Waals surface area contributed by atoms with Crippen LogP contribution in [0.1, 0.15) is 56.1 Å². The summed E-state index contributed by atoms with van der Waals surface area (Å²) < 4.78 is 0. The van der Waals surface area contributed by atoms with Gasteiger partial charge in [-0.15, -0.1) is 0 Å². The maximum absolute atomic E-state index is 12.8. The van der Waals surface area contributed by atoms with Crippen LogP contribution in [0.15, 0.2) is 48.7 Å². The molecule has 0 spiro atoms. The molecule has 1 amide bonds. The number of carbonyl (C=O) groups is 1. The summed E-state index contributed by atoms with van der Waals surface area (Å²) in [6.07, 6.45) is 11.1. The second kappa shape index (κ2) is 11.5. The van der Waals surface area contributed by atoms with E-state index in [-0.39, 0.29) is 5.91 Å². The molecule has 2 saturated heterocycles. The van der Waals surface area contributed by atoms with Crippen LogP contribution < -0.4 is 0 Å². The first kappa shape index (κ1) is 26.1. The van der Waals surface area contributed by atoms with E-state index in [1.165, 1.54) is 5.56 Å². The van der Waals surface area contributed by atoms with Gasteiger partial charge in [0.25, 0.3) is 0 Å². The number of likely N-dealkylation sites (tertiary alicyclic amines) is 2. The summed E-state index contributed by atoms with van der Waals surface area (Å²) in [4.78, 5) is 20.8. The third-order valence-electron chi connectivity index (χ3n) is 8.31. The molecule has 2 N–H and O–H groups in total. The van der Waals surface area contributed by atoms with Gasteiger partial charge in [0.15, 0.2) is 0 Å². The SMILES string of the molecule is CCC(C1CCN(C(=O)C=Cc2ccc(Cl)c(Cl)c2)CC1)N1CCC(c2c[nH]c3ccc(O)cc23)CC1. The lowest BCUT2D eigenvalue weighted by molar-refractivity contribution is -0.127. The highest BCUT2D eigenvalue weighted by molar-refractivity contribution is 6.42. The van der Waals surface area contributed by atoms with E-state index in [4.69, 9.17) is 23.2 Å². The number of amides is 1. The van der Waals surface area contributed by atoms with Crippen LogP contribution in [0.2, 0.25) is 10.0 Å². The Morgan fingerprint density at radius 3 is 2.51 bits per heavy atom. The second-order valence-electron chi connectivity index (χ2n) is 10.4. The normalized spacial score (nSPS) is 19.2. The van der Waals surface area contributed by atoms with Crippen molar-refractivity contribution in [2.24, 2.45) is 5.92 Å². The van der Waals surface area contributed by atoms with Crippen LogP contribution in [0.5, 0.6) is 5.75 Å². The summed E-state index contributed by atoms with van der Waals surface area (Å²) in [6, 6.07) is 11.5. The molecule has 2 aromatic carbocycles. The first-order valence-corrected chi connectivity index (χ1v) is 14.1. The van der Waals surface area contributed by atoms with Crippen LogP contribution >= 0.6 is 23.2 Å². The minimum absolute atomic E-state index is 0.0585. The molecule has 3 heterocycles. The topological polar surface area (TPSA) is 59.6 Å². The summed E-state index contributed by atoms with van der Waals surface area (Å²) in [5.74, 6) is 1.52. The van der Waals surface area contributed by atoms with Gasteiger partial charge in [-0.25, -0.2) is 0 Å². The van der Waals surface area contributed by atoms with E-state index in [0.717, 1.165) is 74.7 Å². The lowest BCUT2D eigenvalue weighted by atomic mass is 9.83. The van der Waals surface area contributed by atoms with Crippen molar-refractivity contribution >= 4 is 46.1 Å². The Bertz CT molecular complexity index is 1270. The van der Waals surface area contributed by atoms with Crippen LogP contribution in [0.25, 0.3) is 17.0 Å². The van der Waals surface area contributed by atoms with Crippen LogP contribution in [-0.4, -0.2) is 58.0 Å². The maximum Gasteiger partial charge on any atom is 0.246 e. The number of nitrogens with one attached hydrogen (secondary N) is 1. The van der Waals surface area contributed by atoms with E-state index in [1.54, 1.807) is 24.3 Å². The molecule has 1 unspecified atom stereocenters. The number of phenols is 1. The highest BCUT2D eigenvalue weighted by atomic mass is 35.5. The Kier molecular flexibility index (Phi) is 8.13. The average molecular weight is 541 g/mol. The predicted molar refractivity (Wildman–Crippen MR) is 152 cm³/mol. The lowest BCUT2D eigenvalue weighted by Gasteiger charge is -2.43. The van der Waals surface area contributed by atoms with Crippen molar-refractivity contribution in [3.05, 3.63) is 69.8 Å². The minimum Gasteiger partial charge on any atom is -0.508 e. The van der Waals surface area contributed by atoms with Crippen molar-refractivity contribution < 1.29 is 9.90 Å². The van der Waals surface area contributed by atoms with Gasteiger partial charge < -0.3 is 19.9 Å². The van der Waals surface area contributed by atoms with Crippen molar-refractivity contribution in [2.45, 2.75) is 51.0 Å². The fourth-order valence-electron chi connectivity index (χ4n) is 6.29. The number of hydrogen-bond donors (Lipinski definition) is 2. The van der Waals surface area contributed by atoms with Gasteiger partial charge in [-0.3, -0.25) is 4.79 Å². The van der Waals surface area contributed by atoms with Crippen molar-refractivity contribution in [1.29, 1.82) is 0 Å². The minimum atomic E-state index is 0.0585. The molecule has 196 valence electrons. The monoisotopic (exact) mass is 539 g/mol. The Morgan fingerprint density at radius 1 is 1.05 bits per heavy atom. The number of halogens is 2. The van der Waals surface area contributed by atoms with Gasteiger partial charge in [-0.1, -0.05) is 36.2 Å². The van der Waals surface area contributed by atoms with Crippen LogP contribution in [0.3, 0.4) is 0 Å². The fourth-order valence-corrected chi connectivity index (χ4v) is 6.60. The maximum atomic E-state index is 12.8. The predicted octanol–water partition coefficient (Wildman–Crippen LogP) is 7.09. The number of aromatic nitrogens is 1. The molecule has 3 aromatic rings. The van der Waals surface area contributed by atoms with Gasteiger partial charge in [0.2, 0.25) is 5.91 Å². The smallest absolute Gasteiger partial charge is 0.246 e. The van der Waals surface area contributed by atoms with E-state index in [2.05, 4.69) is 23.0 Å². The molecule has 0 aliphatic carbocycles. The fraction of sp³-hybridized carbons (Fsp3) is 0.433. The molecule has 37 heavy (non-hydrogen) atoms. The molecule has 0 saturated carbocycles. The van der Waals surface area contributed by atoms with E-state index >= 15 is 0 Å². The number of nitrogens with zero attached hydrogens (tertiary/aromatic N) is 2. The third kappa shape index (κ3) is 5.84. The highest BCUT2D eigenvalue weighted by Crippen LogP contribution is 2.37. The molecule has 5 rings (SSSR count). The van der Waals surface area contributed by atoms with Crippen molar-refractivity contribution in [1.82, 2.24) is 14.8 Å². The van der Waals surface area contributed by atoms with Gasteiger partial charge in [0.1, 0.15) is 5.75 Å². The molecular weight excluding hydrogens is 505 g/mol. The van der Waals surface area contributed by atoms with Crippen molar-refractivity contribution in [3.8, 4) is 5.75 Å². The van der Waals surface area contributed by atoms with E-state index in [9.17, 15) is 9.90 Å². The number of benzene rings is 2. The number of phenolic OH excluding ortho intramolecular Hbond substituents is 1. The largest absolute Gasteiger partial charge is 0.508 e. The Hall–Kier alpha value is -2.47. The number of piperidine rings is 2. The number of H-pyrrole nitrogens is 1. The van der Waals surface area contributed by atoms with Gasteiger partial charge >= 0.3 is 0 Å². The zero-order valence-corrected chi connectivity index (χ0v) is 22.8. The van der Waals surface area contributed by atoms with Gasteiger partial charge in [0.05, 0.1) is 10.0 Å². The molecule has 2 aliphatic heterocycles. The zero-order chi connectivity index (χ0) is 25.9. The number of aromatic amines is 1. The van der Waals surface area contributed by atoms with Gasteiger partial charge in [-0.2, -0.15) is 0 Å². The summed E-state index contributed by atoms with van der Waals surface area (Å²) in [6.45, 7) is 6.11. The van der Waals surface area contributed by atoms with Gasteiger partial charge in [0, 0.05) is 42.3 Å². The van der Waals surface area contributed by atoms with E-state index < -0.39 is 0 Å². The number of carbonyl (C=O) groups excluding carboxylic acids is 1. The summed E-state index contributed by atoms with van der Waals surface area (Å²) in [5, 5.41) is 12.1. The Morgan fingerprint density at radius 2 is 1.81 bits per heavy atom. The van der Waals surface area contributed by atoms with Crippen LogP contribution in [0.4, 0.5) is 0 Å². The van der Waals surface area contributed by atoms with Crippen LogP contribution in [0, 0.1) is 5.92 Å². The summed E-state index contributed by atoms with van der Waals surface area (Å²) in [5.41, 5.74) is 3.30. The van der Waals surface area contributed by atoms with Crippen molar-refractivity contribution in [3.63, 3.8) is 0 Å². The molecule has 0 radical (unpaired) electrons. The second-order valence-corrected chi connectivity index (χ2v) is 11.2. The number of aromatic hydroxyl groups is 1. The molecule has 5 nitrogen and oxygen atoms in total. The van der Waals surface area contributed by atoms with E-state index in [0.29, 0.717) is 33.7 Å². The van der Waals surface area contributed by atoms with Gasteiger partial charge in [-0.05, 0) is 105 Å². The molecule has 0 bridgehead atoms. The highest BCUT2D eigenvalue weighted by Gasteiger charge is 2.33. The zero-order valence-electron chi connectivity index (χ0n) is 21.3. The summed E-state index contributed by atoms with van der Waals surface area (Å²) >= 11 is 12.1. The number of hydrogen-bond acceptors (Lipinski definition) is 3. The molecule has 2 aliphatic rings.